The van der Waals surface area contributed by atoms with Crippen LogP contribution in [0.1, 0.15) is 24.2 Å². The second-order valence-electron chi connectivity index (χ2n) is 4.94. The first-order valence-corrected chi connectivity index (χ1v) is 6.48. The predicted octanol–water partition coefficient (Wildman–Crippen LogP) is 1.38. The third-order valence-electron chi connectivity index (χ3n) is 3.51. The molecule has 2 atom stereocenters. The summed E-state index contributed by atoms with van der Waals surface area (Å²) in [6.07, 6.45) is -0.757. The maximum Gasteiger partial charge on any atom is 0.126 e. The van der Waals surface area contributed by atoms with E-state index >= 15 is 0 Å². The average Bonchev–Trinajstić information content (AvgIpc) is 2.41. The maximum absolute atomic E-state index is 13.7. The summed E-state index contributed by atoms with van der Waals surface area (Å²) >= 11 is 0. The Labute approximate surface area is 112 Å². The first kappa shape index (κ1) is 14.2. The second kappa shape index (κ2) is 5.86. The molecule has 1 fully saturated rings. The highest BCUT2D eigenvalue weighted by Gasteiger charge is 2.26. The zero-order chi connectivity index (χ0) is 14.0. The molecule has 0 radical (unpaired) electrons. The quantitative estimate of drug-likeness (QED) is 0.870. The van der Waals surface area contributed by atoms with E-state index in [9.17, 15) is 14.6 Å². The molecule has 2 unspecified atom stereocenters. The number of nitrogens with zero attached hydrogens (tertiary/aromatic N) is 1. The summed E-state index contributed by atoms with van der Waals surface area (Å²) < 4.78 is 19.0. The zero-order valence-electron chi connectivity index (χ0n) is 11.3. The lowest BCUT2D eigenvalue weighted by Gasteiger charge is -2.38. The molecule has 5 heteroatoms. The van der Waals surface area contributed by atoms with Crippen molar-refractivity contribution in [3.8, 4) is 0 Å². The van der Waals surface area contributed by atoms with E-state index in [-0.39, 0.29) is 18.5 Å². The van der Waals surface area contributed by atoms with Crippen LogP contribution in [-0.4, -0.2) is 42.6 Å². The fraction of sp³-hybridized carbons (Fsp3) is 0.571. The Hall–Kier alpha value is -1.17. The molecule has 106 valence electrons. The van der Waals surface area contributed by atoms with Gasteiger partial charge in [-0.2, -0.15) is 0 Å². The van der Waals surface area contributed by atoms with Gasteiger partial charge in [-0.15, -0.1) is 0 Å². The Bertz CT molecular complexity index is 451. The summed E-state index contributed by atoms with van der Waals surface area (Å²) in [6, 6.07) is 2.95. The Kier molecular flexibility index (Phi) is 4.39. The third kappa shape index (κ3) is 2.88. The predicted molar refractivity (Wildman–Crippen MR) is 70.8 cm³/mol. The summed E-state index contributed by atoms with van der Waals surface area (Å²) in [6.45, 7) is 4.89. The van der Waals surface area contributed by atoms with Crippen molar-refractivity contribution in [2.24, 2.45) is 0 Å². The van der Waals surface area contributed by atoms with E-state index in [2.05, 4.69) is 0 Å². The molecule has 1 heterocycles. The van der Waals surface area contributed by atoms with Crippen molar-refractivity contribution in [1.29, 1.82) is 0 Å². The summed E-state index contributed by atoms with van der Waals surface area (Å²) in [4.78, 5) is 1.98. The van der Waals surface area contributed by atoms with Gasteiger partial charge in [0.15, 0.2) is 0 Å². The fourth-order valence-corrected chi connectivity index (χ4v) is 2.39. The van der Waals surface area contributed by atoms with E-state index in [1.165, 1.54) is 6.07 Å². The van der Waals surface area contributed by atoms with Gasteiger partial charge in [-0.05, 0) is 31.5 Å². The number of morpholine rings is 1. The van der Waals surface area contributed by atoms with Crippen molar-refractivity contribution in [2.75, 3.05) is 31.3 Å². The maximum atomic E-state index is 13.7. The van der Waals surface area contributed by atoms with Gasteiger partial charge in [0.1, 0.15) is 5.82 Å². The number of anilines is 1. The summed E-state index contributed by atoms with van der Waals surface area (Å²) in [7, 11) is 0. The van der Waals surface area contributed by atoms with Crippen LogP contribution in [0.4, 0.5) is 10.1 Å². The standard InChI is InChI=1S/C14H20FNO3/c1-9-5-14(12(10(2)18)6-13(9)15)16-3-4-19-8-11(16)7-17/h5-6,10-11,17-18H,3-4,7-8H2,1-2H3. The molecule has 1 aliphatic rings. The van der Waals surface area contributed by atoms with Crippen LogP contribution in [0.15, 0.2) is 12.1 Å². The molecule has 19 heavy (non-hydrogen) atoms. The second-order valence-corrected chi connectivity index (χ2v) is 4.94. The van der Waals surface area contributed by atoms with Crippen LogP contribution in [0.25, 0.3) is 0 Å². The Morgan fingerprint density at radius 3 is 2.89 bits per heavy atom. The van der Waals surface area contributed by atoms with Crippen LogP contribution in [0, 0.1) is 12.7 Å². The average molecular weight is 269 g/mol. The molecule has 2 rings (SSSR count). The monoisotopic (exact) mass is 269 g/mol. The molecule has 0 amide bonds. The van der Waals surface area contributed by atoms with Crippen LogP contribution in [-0.2, 0) is 4.74 Å². The first-order chi connectivity index (χ1) is 9.04. The van der Waals surface area contributed by atoms with Gasteiger partial charge in [0, 0.05) is 17.8 Å². The SMILES string of the molecule is Cc1cc(N2CCOCC2CO)c(C(C)O)cc1F. The van der Waals surface area contributed by atoms with E-state index < -0.39 is 6.10 Å². The van der Waals surface area contributed by atoms with Gasteiger partial charge in [0.25, 0.3) is 0 Å². The van der Waals surface area contributed by atoms with E-state index in [0.717, 1.165) is 5.69 Å². The first-order valence-electron chi connectivity index (χ1n) is 6.48. The minimum absolute atomic E-state index is 0.0321. The van der Waals surface area contributed by atoms with Crippen molar-refractivity contribution < 1.29 is 19.3 Å². The van der Waals surface area contributed by atoms with Gasteiger partial charge in [0.05, 0.1) is 32.0 Å². The van der Waals surface area contributed by atoms with Crippen molar-refractivity contribution in [3.63, 3.8) is 0 Å². The molecule has 0 saturated carbocycles. The third-order valence-corrected chi connectivity index (χ3v) is 3.51. The smallest absolute Gasteiger partial charge is 0.126 e. The zero-order valence-corrected chi connectivity index (χ0v) is 11.3. The molecule has 4 nitrogen and oxygen atoms in total. The van der Waals surface area contributed by atoms with Gasteiger partial charge < -0.3 is 19.8 Å². The lowest BCUT2D eigenvalue weighted by molar-refractivity contribution is 0.0722. The molecule has 0 spiro atoms. The van der Waals surface area contributed by atoms with E-state index in [4.69, 9.17) is 4.74 Å². The van der Waals surface area contributed by atoms with Gasteiger partial charge in [-0.3, -0.25) is 0 Å². The number of aliphatic hydroxyl groups is 2. The molecule has 1 aromatic carbocycles. The normalized spacial score (nSPS) is 21.5. The number of ether oxygens (including phenoxy) is 1. The summed E-state index contributed by atoms with van der Waals surface area (Å²) in [5.74, 6) is -0.326. The highest BCUT2D eigenvalue weighted by molar-refractivity contribution is 5.57. The van der Waals surface area contributed by atoms with E-state index in [0.29, 0.717) is 30.9 Å². The van der Waals surface area contributed by atoms with Crippen LogP contribution < -0.4 is 4.90 Å². The minimum atomic E-state index is -0.757. The molecule has 1 aromatic rings. The molecular formula is C14H20FNO3. The number of benzene rings is 1. The van der Waals surface area contributed by atoms with Crippen molar-refractivity contribution in [2.45, 2.75) is 26.0 Å². The largest absolute Gasteiger partial charge is 0.394 e. The molecule has 0 bridgehead atoms. The van der Waals surface area contributed by atoms with Gasteiger partial charge >= 0.3 is 0 Å². The molecular weight excluding hydrogens is 249 g/mol. The molecule has 2 N–H and O–H groups in total. The van der Waals surface area contributed by atoms with E-state index in [1.807, 2.05) is 4.90 Å². The molecule has 1 aliphatic heterocycles. The Morgan fingerprint density at radius 2 is 2.26 bits per heavy atom. The van der Waals surface area contributed by atoms with Crippen LogP contribution >= 0.6 is 0 Å². The topological polar surface area (TPSA) is 52.9 Å². The number of halogens is 1. The Morgan fingerprint density at radius 1 is 1.53 bits per heavy atom. The lowest BCUT2D eigenvalue weighted by atomic mass is 10.0. The number of aliphatic hydroxyl groups excluding tert-OH is 2. The number of hydrogen-bond acceptors (Lipinski definition) is 4. The summed E-state index contributed by atoms with van der Waals surface area (Å²) in [5.41, 5.74) is 1.85. The Balaban J connectivity index is 2.44. The number of hydrogen-bond donors (Lipinski definition) is 2. The molecule has 0 aliphatic carbocycles. The number of rotatable bonds is 3. The van der Waals surface area contributed by atoms with Crippen LogP contribution in [0.2, 0.25) is 0 Å². The van der Waals surface area contributed by atoms with Gasteiger partial charge in [-0.1, -0.05) is 0 Å². The molecule has 0 aromatic heterocycles. The van der Waals surface area contributed by atoms with E-state index in [1.54, 1.807) is 19.9 Å². The number of aryl methyl sites for hydroxylation is 1. The van der Waals surface area contributed by atoms with Crippen molar-refractivity contribution in [1.82, 2.24) is 0 Å². The van der Waals surface area contributed by atoms with Crippen LogP contribution in [0.5, 0.6) is 0 Å². The summed E-state index contributed by atoms with van der Waals surface area (Å²) in [5, 5.41) is 19.2. The van der Waals surface area contributed by atoms with Crippen molar-refractivity contribution >= 4 is 5.69 Å². The molecule has 1 saturated heterocycles. The fourth-order valence-electron chi connectivity index (χ4n) is 2.39. The van der Waals surface area contributed by atoms with Crippen molar-refractivity contribution in [3.05, 3.63) is 29.1 Å². The lowest BCUT2D eigenvalue weighted by Crippen LogP contribution is -2.48. The van der Waals surface area contributed by atoms with Gasteiger partial charge in [-0.25, -0.2) is 4.39 Å². The minimum Gasteiger partial charge on any atom is -0.394 e. The highest BCUT2D eigenvalue weighted by atomic mass is 19.1. The highest BCUT2D eigenvalue weighted by Crippen LogP contribution is 2.31. The van der Waals surface area contributed by atoms with Gasteiger partial charge in [0.2, 0.25) is 0 Å². The van der Waals surface area contributed by atoms with Crippen LogP contribution in [0.3, 0.4) is 0 Å².